The van der Waals surface area contributed by atoms with Crippen LogP contribution in [0.2, 0.25) is 5.02 Å². The summed E-state index contributed by atoms with van der Waals surface area (Å²) in [6.45, 7) is 4.07. The zero-order chi connectivity index (χ0) is 15.6. The van der Waals surface area contributed by atoms with Gasteiger partial charge >= 0.3 is 0 Å². The second-order valence-electron chi connectivity index (χ2n) is 4.75. The number of hydrogen-bond acceptors (Lipinski definition) is 2. The zero-order valence-corrected chi connectivity index (χ0v) is 15.1. The Labute approximate surface area is 143 Å². The normalized spacial score (nSPS) is 12.0. The van der Waals surface area contributed by atoms with Gasteiger partial charge in [0, 0.05) is 22.8 Å². The van der Waals surface area contributed by atoms with Crippen LogP contribution >= 0.6 is 39.7 Å². The number of aromatic nitrogens is 2. The van der Waals surface area contributed by atoms with Crippen molar-refractivity contribution in [2.24, 2.45) is 7.05 Å². The number of rotatable bonds is 3. The third-order valence-corrected chi connectivity index (χ3v) is 4.29. The van der Waals surface area contributed by atoms with Crippen LogP contribution in [0.3, 0.4) is 0 Å². The molecule has 0 fully saturated rings. The van der Waals surface area contributed by atoms with Gasteiger partial charge in [-0.3, -0.25) is 4.68 Å². The largest absolute Gasteiger partial charge is 0.356 e. The third kappa shape index (κ3) is 3.96. The predicted molar refractivity (Wildman–Crippen MR) is 94.9 cm³/mol. The highest BCUT2D eigenvalue weighted by atomic mass is 79.9. The fourth-order valence-corrected chi connectivity index (χ4v) is 2.97. The highest BCUT2D eigenvalue weighted by molar-refractivity contribution is 9.10. The maximum atomic E-state index is 6.16. The molecule has 0 spiro atoms. The number of thiocarbonyl (C=S) groups is 1. The quantitative estimate of drug-likeness (QED) is 0.775. The minimum atomic E-state index is 0.0629. The molecule has 1 aromatic heterocycles. The summed E-state index contributed by atoms with van der Waals surface area (Å²) in [6.07, 6.45) is 1.85. The molecule has 2 N–H and O–H groups in total. The van der Waals surface area contributed by atoms with Gasteiger partial charge in [-0.05, 0) is 44.3 Å². The maximum absolute atomic E-state index is 6.16. The lowest BCUT2D eigenvalue weighted by atomic mass is 10.1. The fraction of sp³-hybridized carbons (Fsp3) is 0.286. The number of aryl methyl sites for hydroxylation is 1. The van der Waals surface area contributed by atoms with E-state index < -0.39 is 0 Å². The number of nitrogens with zero attached hydrogens (tertiary/aromatic N) is 2. The molecule has 0 aliphatic heterocycles. The van der Waals surface area contributed by atoms with Gasteiger partial charge in [-0.15, -0.1) is 0 Å². The van der Waals surface area contributed by atoms with Crippen molar-refractivity contribution < 1.29 is 0 Å². The Balaban J connectivity index is 2.03. The van der Waals surface area contributed by atoms with Crippen LogP contribution in [0.5, 0.6) is 0 Å². The summed E-state index contributed by atoms with van der Waals surface area (Å²) in [4.78, 5) is 0. The second kappa shape index (κ2) is 6.77. The summed E-state index contributed by atoms with van der Waals surface area (Å²) in [5, 5.41) is 11.7. The standard InChI is InChI=1S/C14H16BrClN4S/c1-8(11-7-17-20(3)9(11)2)18-14(21)19-13-5-4-10(15)6-12(13)16/h4-8H,1-3H3,(H2,18,19,21). The van der Waals surface area contributed by atoms with Crippen molar-refractivity contribution in [3.8, 4) is 0 Å². The van der Waals surface area contributed by atoms with E-state index in [1.54, 1.807) is 0 Å². The van der Waals surface area contributed by atoms with Crippen molar-refractivity contribution in [2.75, 3.05) is 5.32 Å². The molecule has 112 valence electrons. The third-order valence-electron chi connectivity index (χ3n) is 3.27. The van der Waals surface area contributed by atoms with Gasteiger partial charge in [-0.1, -0.05) is 27.5 Å². The fourth-order valence-electron chi connectivity index (χ4n) is 1.96. The minimum Gasteiger partial charge on any atom is -0.356 e. The summed E-state index contributed by atoms with van der Waals surface area (Å²) in [7, 11) is 1.92. The molecule has 1 atom stereocenters. The Hall–Kier alpha value is -1.11. The van der Waals surface area contributed by atoms with Crippen LogP contribution in [-0.2, 0) is 7.05 Å². The van der Waals surface area contributed by atoms with Gasteiger partial charge in [0.05, 0.1) is 22.9 Å². The number of halogens is 2. The van der Waals surface area contributed by atoms with Gasteiger partial charge < -0.3 is 10.6 Å². The average molecular weight is 388 g/mol. The molecular weight excluding hydrogens is 372 g/mol. The van der Waals surface area contributed by atoms with Gasteiger partial charge in [0.1, 0.15) is 0 Å². The van der Waals surface area contributed by atoms with Crippen LogP contribution in [0.15, 0.2) is 28.9 Å². The first-order chi connectivity index (χ1) is 9.88. The summed E-state index contributed by atoms with van der Waals surface area (Å²) in [5.41, 5.74) is 3.00. The molecule has 2 aromatic rings. The van der Waals surface area contributed by atoms with E-state index in [9.17, 15) is 0 Å². The SMILES string of the molecule is Cc1c(C(C)NC(=S)Nc2ccc(Br)cc2Cl)cnn1C. The predicted octanol–water partition coefficient (Wildman–Crippen LogP) is 4.19. The zero-order valence-electron chi connectivity index (χ0n) is 11.9. The molecule has 1 heterocycles. The smallest absolute Gasteiger partial charge is 0.171 e. The van der Waals surface area contributed by atoms with Crippen LogP contribution < -0.4 is 10.6 Å². The molecule has 4 nitrogen and oxygen atoms in total. The van der Waals surface area contributed by atoms with E-state index >= 15 is 0 Å². The molecule has 0 amide bonds. The molecule has 21 heavy (non-hydrogen) atoms. The first kappa shape index (κ1) is 16.3. The van der Waals surface area contributed by atoms with Crippen molar-refractivity contribution in [3.05, 3.63) is 45.1 Å². The summed E-state index contributed by atoms with van der Waals surface area (Å²) in [6, 6.07) is 5.67. The first-order valence-corrected chi connectivity index (χ1v) is 7.97. The molecule has 1 aromatic carbocycles. The van der Waals surface area contributed by atoms with Crippen molar-refractivity contribution in [1.82, 2.24) is 15.1 Å². The van der Waals surface area contributed by atoms with Crippen molar-refractivity contribution in [3.63, 3.8) is 0 Å². The minimum absolute atomic E-state index is 0.0629. The summed E-state index contributed by atoms with van der Waals surface area (Å²) >= 11 is 14.9. The maximum Gasteiger partial charge on any atom is 0.171 e. The molecule has 0 radical (unpaired) electrons. The van der Waals surface area contributed by atoms with Crippen LogP contribution in [0.1, 0.15) is 24.2 Å². The van der Waals surface area contributed by atoms with E-state index in [-0.39, 0.29) is 6.04 Å². The summed E-state index contributed by atoms with van der Waals surface area (Å²) < 4.78 is 2.77. The highest BCUT2D eigenvalue weighted by Crippen LogP contribution is 2.25. The van der Waals surface area contributed by atoms with Crippen LogP contribution in [0.25, 0.3) is 0 Å². The molecule has 0 aliphatic rings. The second-order valence-corrected chi connectivity index (χ2v) is 6.48. The van der Waals surface area contributed by atoms with Crippen molar-refractivity contribution >= 4 is 50.5 Å². The van der Waals surface area contributed by atoms with E-state index in [4.69, 9.17) is 23.8 Å². The number of nitrogens with one attached hydrogen (secondary N) is 2. The molecule has 1 unspecified atom stereocenters. The van der Waals surface area contributed by atoms with Gasteiger partial charge in [0.2, 0.25) is 0 Å². The van der Waals surface area contributed by atoms with E-state index in [1.165, 1.54) is 0 Å². The van der Waals surface area contributed by atoms with Crippen molar-refractivity contribution in [1.29, 1.82) is 0 Å². The van der Waals surface area contributed by atoms with Crippen molar-refractivity contribution in [2.45, 2.75) is 19.9 Å². The number of benzene rings is 1. The van der Waals surface area contributed by atoms with Crippen LogP contribution in [0, 0.1) is 6.92 Å². The van der Waals surface area contributed by atoms with E-state index in [2.05, 4.69) is 31.7 Å². The topological polar surface area (TPSA) is 41.9 Å². The monoisotopic (exact) mass is 386 g/mol. The number of anilines is 1. The van der Waals surface area contributed by atoms with Gasteiger partial charge in [0.15, 0.2) is 5.11 Å². The van der Waals surface area contributed by atoms with E-state index in [0.717, 1.165) is 21.4 Å². The molecule has 7 heteroatoms. The molecular formula is C14H16BrClN4S. The van der Waals surface area contributed by atoms with Gasteiger partial charge in [-0.2, -0.15) is 5.10 Å². The summed E-state index contributed by atoms with van der Waals surface area (Å²) in [5.74, 6) is 0. The molecule has 0 bridgehead atoms. The molecule has 0 saturated heterocycles. The Morgan fingerprint density at radius 2 is 2.19 bits per heavy atom. The lowest BCUT2D eigenvalue weighted by Crippen LogP contribution is -2.31. The van der Waals surface area contributed by atoms with Gasteiger partial charge in [0.25, 0.3) is 0 Å². The molecule has 2 rings (SSSR count). The van der Waals surface area contributed by atoms with E-state index in [1.807, 2.05) is 50.0 Å². The van der Waals surface area contributed by atoms with E-state index in [0.29, 0.717) is 10.1 Å². The molecule has 0 aliphatic carbocycles. The lowest BCUT2D eigenvalue weighted by Gasteiger charge is -2.17. The van der Waals surface area contributed by atoms with Crippen LogP contribution in [-0.4, -0.2) is 14.9 Å². The first-order valence-electron chi connectivity index (χ1n) is 6.39. The molecule has 0 saturated carbocycles. The lowest BCUT2D eigenvalue weighted by molar-refractivity contribution is 0.701. The number of hydrogen-bond donors (Lipinski definition) is 2. The van der Waals surface area contributed by atoms with Crippen LogP contribution in [0.4, 0.5) is 5.69 Å². The Morgan fingerprint density at radius 3 is 2.76 bits per heavy atom. The highest BCUT2D eigenvalue weighted by Gasteiger charge is 2.13. The van der Waals surface area contributed by atoms with Gasteiger partial charge in [-0.25, -0.2) is 0 Å². The Bertz CT molecular complexity index is 671. The Morgan fingerprint density at radius 1 is 1.48 bits per heavy atom. The average Bonchev–Trinajstić information content (AvgIpc) is 2.73. The Kier molecular flexibility index (Phi) is 5.24.